The van der Waals surface area contributed by atoms with E-state index in [1.807, 2.05) is 6.07 Å². The molecule has 15 heavy (non-hydrogen) atoms. The molecule has 1 aliphatic rings. The molecule has 1 heterocycles. The van der Waals surface area contributed by atoms with Gasteiger partial charge >= 0.3 is 0 Å². The summed E-state index contributed by atoms with van der Waals surface area (Å²) in [4.78, 5) is 11.8. The average molecular weight is 229 g/mol. The van der Waals surface area contributed by atoms with E-state index >= 15 is 0 Å². The highest BCUT2D eigenvalue weighted by Gasteiger charge is 2.37. The number of carbonyl (C=O) groups excluding carboxylic acids is 1. The Morgan fingerprint density at radius 2 is 2.20 bits per heavy atom. The van der Waals surface area contributed by atoms with Crippen molar-refractivity contribution in [3.8, 4) is 6.07 Å². The van der Waals surface area contributed by atoms with Crippen LogP contribution in [0.25, 0.3) is 0 Å². The number of hydrogen-bond donors (Lipinski definition) is 0. The third-order valence-corrected chi connectivity index (χ3v) is 5.00. The summed E-state index contributed by atoms with van der Waals surface area (Å²) in [7, 11) is -3.29. The normalized spacial score (nSPS) is 26.5. The predicted octanol–water partition coefficient (Wildman–Crippen LogP) is 1.07. The first kappa shape index (κ1) is 12.2. The SMILES string of the molecule is CCC(C#N)C(=O)C1CCCCS1(=O)=O. The molecule has 0 aliphatic carbocycles. The van der Waals surface area contributed by atoms with E-state index in [0.29, 0.717) is 19.3 Å². The number of hydrogen-bond acceptors (Lipinski definition) is 4. The fraction of sp³-hybridized carbons (Fsp3) is 0.800. The van der Waals surface area contributed by atoms with Gasteiger partial charge in [0, 0.05) is 0 Å². The van der Waals surface area contributed by atoms with Gasteiger partial charge in [-0.1, -0.05) is 13.3 Å². The highest BCUT2D eigenvalue weighted by atomic mass is 32.2. The van der Waals surface area contributed by atoms with Crippen molar-refractivity contribution >= 4 is 15.6 Å². The van der Waals surface area contributed by atoms with Crippen molar-refractivity contribution in [3.63, 3.8) is 0 Å². The Morgan fingerprint density at radius 3 is 2.67 bits per heavy atom. The number of Topliss-reactive ketones (excluding diaryl/α,β-unsaturated/α-hetero) is 1. The highest BCUT2D eigenvalue weighted by molar-refractivity contribution is 7.92. The molecule has 0 spiro atoms. The van der Waals surface area contributed by atoms with Crippen LogP contribution in [-0.4, -0.2) is 25.2 Å². The molecule has 1 rings (SSSR count). The first-order chi connectivity index (χ1) is 7.03. The Labute approximate surface area is 90.2 Å². The quantitative estimate of drug-likeness (QED) is 0.725. The summed E-state index contributed by atoms with van der Waals surface area (Å²) < 4.78 is 23.3. The summed E-state index contributed by atoms with van der Waals surface area (Å²) in [5.41, 5.74) is 0. The lowest BCUT2D eigenvalue weighted by Crippen LogP contribution is -2.38. The van der Waals surface area contributed by atoms with Crippen molar-refractivity contribution in [3.05, 3.63) is 0 Å². The van der Waals surface area contributed by atoms with Gasteiger partial charge in [0.05, 0.1) is 11.8 Å². The van der Waals surface area contributed by atoms with Gasteiger partial charge in [-0.3, -0.25) is 4.79 Å². The maximum atomic E-state index is 11.8. The number of carbonyl (C=O) groups is 1. The molecule has 5 heteroatoms. The lowest BCUT2D eigenvalue weighted by Gasteiger charge is -2.22. The van der Waals surface area contributed by atoms with Crippen LogP contribution < -0.4 is 0 Å². The fourth-order valence-corrected chi connectivity index (χ4v) is 3.79. The molecular formula is C10H15NO3S. The summed E-state index contributed by atoms with van der Waals surface area (Å²) in [6.07, 6.45) is 2.17. The molecule has 1 saturated heterocycles. The van der Waals surface area contributed by atoms with Gasteiger partial charge in [0.25, 0.3) is 0 Å². The van der Waals surface area contributed by atoms with E-state index in [9.17, 15) is 13.2 Å². The third kappa shape index (κ3) is 2.57. The minimum atomic E-state index is -3.29. The minimum Gasteiger partial charge on any atom is -0.297 e. The molecule has 0 radical (unpaired) electrons. The minimum absolute atomic E-state index is 0.0886. The van der Waals surface area contributed by atoms with Gasteiger partial charge in [-0.15, -0.1) is 0 Å². The average Bonchev–Trinajstić information content (AvgIpc) is 2.18. The summed E-state index contributed by atoms with van der Waals surface area (Å²) in [5.74, 6) is -1.08. The first-order valence-corrected chi connectivity index (χ1v) is 6.89. The molecule has 0 amide bonds. The Kier molecular flexibility index (Phi) is 3.86. The van der Waals surface area contributed by atoms with E-state index in [2.05, 4.69) is 0 Å². The molecule has 2 unspecified atom stereocenters. The van der Waals surface area contributed by atoms with Gasteiger partial charge in [-0.2, -0.15) is 5.26 Å². The van der Waals surface area contributed by atoms with Crippen molar-refractivity contribution in [2.45, 2.75) is 37.9 Å². The van der Waals surface area contributed by atoms with Gasteiger partial charge in [-0.05, 0) is 19.3 Å². The maximum absolute atomic E-state index is 11.8. The predicted molar refractivity (Wildman–Crippen MR) is 55.8 cm³/mol. The molecule has 0 aromatic carbocycles. The van der Waals surface area contributed by atoms with E-state index in [0.717, 1.165) is 6.42 Å². The van der Waals surface area contributed by atoms with E-state index in [-0.39, 0.29) is 5.75 Å². The molecular weight excluding hydrogens is 214 g/mol. The molecule has 4 nitrogen and oxygen atoms in total. The van der Waals surface area contributed by atoms with Crippen LogP contribution in [0.3, 0.4) is 0 Å². The number of nitriles is 1. The lowest BCUT2D eigenvalue weighted by atomic mass is 9.97. The topological polar surface area (TPSA) is 75.0 Å². The van der Waals surface area contributed by atoms with Crippen LogP contribution in [0, 0.1) is 17.2 Å². The van der Waals surface area contributed by atoms with Gasteiger partial charge < -0.3 is 0 Å². The second-order valence-electron chi connectivity index (χ2n) is 3.84. The van der Waals surface area contributed by atoms with E-state index in [1.165, 1.54) is 0 Å². The lowest BCUT2D eigenvalue weighted by molar-refractivity contribution is -0.121. The molecule has 0 N–H and O–H groups in total. The monoisotopic (exact) mass is 229 g/mol. The molecule has 0 bridgehead atoms. The second-order valence-corrected chi connectivity index (χ2v) is 6.15. The third-order valence-electron chi connectivity index (χ3n) is 2.80. The van der Waals surface area contributed by atoms with E-state index in [1.54, 1.807) is 6.92 Å². The number of rotatable bonds is 3. The van der Waals surface area contributed by atoms with Gasteiger partial charge in [0.15, 0.2) is 15.6 Å². The molecule has 0 saturated carbocycles. The first-order valence-electron chi connectivity index (χ1n) is 5.18. The van der Waals surface area contributed by atoms with Crippen molar-refractivity contribution in [1.82, 2.24) is 0 Å². The van der Waals surface area contributed by atoms with Crippen LogP contribution >= 0.6 is 0 Å². The molecule has 0 aromatic rings. The van der Waals surface area contributed by atoms with Crippen LogP contribution in [0.2, 0.25) is 0 Å². The number of nitrogens with zero attached hydrogens (tertiary/aromatic N) is 1. The van der Waals surface area contributed by atoms with Crippen molar-refractivity contribution in [1.29, 1.82) is 5.26 Å². The summed E-state index contributed by atoms with van der Waals surface area (Å²) in [6, 6.07) is 1.87. The summed E-state index contributed by atoms with van der Waals surface area (Å²) >= 11 is 0. The number of ketones is 1. The zero-order valence-electron chi connectivity index (χ0n) is 8.77. The molecule has 2 atom stereocenters. The number of sulfone groups is 1. The van der Waals surface area contributed by atoms with E-state index < -0.39 is 26.8 Å². The van der Waals surface area contributed by atoms with Crippen LogP contribution in [-0.2, 0) is 14.6 Å². The van der Waals surface area contributed by atoms with Crippen LogP contribution in [0.15, 0.2) is 0 Å². The van der Waals surface area contributed by atoms with Crippen LogP contribution in [0.5, 0.6) is 0 Å². The summed E-state index contributed by atoms with van der Waals surface area (Å²) in [6.45, 7) is 1.72. The molecule has 1 fully saturated rings. The maximum Gasteiger partial charge on any atom is 0.168 e. The van der Waals surface area contributed by atoms with Crippen LogP contribution in [0.4, 0.5) is 0 Å². The van der Waals surface area contributed by atoms with Crippen molar-refractivity contribution in [2.75, 3.05) is 5.75 Å². The smallest absolute Gasteiger partial charge is 0.168 e. The van der Waals surface area contributed by atoms with Gasteiger partial charge in [0.2, 0.25) is 0 Å². The Bertz CT molecular complexity index is 380. The molecule has 84 valence electrons. The van der Waals surface area contributed by atoms with E-state index in [4.69, 9.17) is 5.26 Å². The standard InChI is InChI=1S/C10H15NO3S/c1-2-8(7-11)10(12)9-5-3-4-6-15(9,13)14/h8-9H,2-6H2,1H3. The Hall–Kier alpha value is -0.890. The summed E-state index contributed by atoms with van der Waals surface area (Å²) in [5, 5.41) is 7.81. The second kappa shape index (κ2) is 4.75. The fourth-order valence-electron chi connectivity index (χ4n) is 1.85. The Morgan fingerprint density at radius 1 is 1.53 bits per heavy atom. The largest absolute Gasteiger partial charge is 0.297 e. The van der Waals surface area contributed by atoms with Crippen molar-refractivity contribution < 1.29 is 13.2 Å². The highest BCUT2D eigenvalue weighted by Crippen LogP contribution is 2.23. The van der Waals surface area contributed by atoms with Gasteiger partial charge in [0.1, 0.15) is 11.2 Å². The Balaban J connectivity index is 2.87. The van der Waals surface area contributed by atoms with Crippen LogP contribution in [0.1, 0.15) is 32.6 Å². The molecule has 1 aliphatic heterocycles. The zero-order valence-corrected chi connectivity index (χ0v) is 9.59. The molecule has 0 aromatic heterocycles. The zero-order chi connectivity index (χ0) is 11.5. The van der Waals surface area contributed by atoms with Gasteiger partial charge in [-0.25, -0.2) is 8.42 Å². The van der Waals surface area contributed by atoms with Crippen molar-refractivity contribution in [2.24, 2.45) is 5.92 Å².